The van der Waals surface area contributed by atoms with Crippen LogP contribution >= 0.6 is 23.2 Å². The Kier molecular flexibility index (Phi) is 9.55. The first-order chi connectivity index (χ1) is 18.0. The maximum Gasteiger partial charge on any atom is 0.340 e. The lowest BCUT2D eigenvalue weighted by atomic mass is 10.1. The van der Waals surface area contributed by atoms with Gasteiger partial charge in [0.1, 0.15) is 5.82 Å². The van der Waals surface area contributed by atoms with E-state index < -0.39 is 40.8 Å². The lowest BCUT2D eigenvalue weighted by Gasteiger charge is -2.23. The van der Waals surface area contributed by atoms with Crippen LogP contribution in [0.1, 0.15) is 15.9 Å². The van der Waals surface area contributed by atoms with E-state index in [0.717, 1.165) is 17.5 Å². The molecule has 202 valence electrons. The molecule has 0 saturated heterocycles. The molecule has 0 aliphatic carbocycles. The van der Waals surface area contributed by atoms with E-state index in [2.05, 4.69) is 5.32 Å². The first-order valence-electron chi connectivity index (χ1n) is 10.8. The highest BCUT2D eigenvalue weighted by Crippen LogP contribution is 2.34. The molecule has 1 amide bonds. The minimum atomic E-state index is -4.34. The maximum atomic E-state index is 14.6. The number of amides is 1. The van der Waals surface area contributed by atoms with Crippen LogP contribution in [0.5, 0.6) is 11.5 Å². The van der Waals surface area contributed by atoms with Gasteiger partial charge in [-0.1, -0.05) is 29.3 Å². The minimum Gasteiger partial charge on any atom is -0.493 e. The van der Waals surface area contributed by atoms with E-state index in [1.807, 2.05) is 0 Å². The highest BCUT2D eigenvalue weighted by atomic mass is 35.5. The Labute approximate surface area is 229 Å². The van der Waals surface area contributed by atoms with Crippen molar-refractivity contribution in [3.05, 3.63) is 81.6 Å². The van der Waals surface area contributed by atoms with Crippen molar-refractivity contribution < 1.29 is 36.6 Å². The molecule has 1 N–H and O–H groups in total. The third-order valence-corrected chi connectivity index (χ3v) is 7.78. The zero-order valence-electron chi connectivity index (χ0n) is 20.5. The van der Waals surface area contributed by atoms with Gasteiger partial charge in [0.15, 0.2) is 11.5 Å². The van der Waals surface area contributed by atoms with Crippen molar-refractivity contribution in [2.24, 2.45) is 0 Å². The topological polar surface area (TPSA) is 111 Å². The largest absolute Gasteiger partial charge is 0.493 e. The Balaban J connectivity index is 2.01. The Morgan fingerprint density at radius 3 is 2.18 bits per heavy atom. The van der Waals surface area contributed by atoms with Crippen LogP contribution in [-0.2, 0) is 26.1 Å². The quantitative estimate of drug-likeness (QED) is 0.342. The van der Waals surface area contributed by atoms with Gasteiger partial charge in [-0.15, -0.1) is 0 Å². The molecule has 0 saturated carbocycles. The van der Waals surface area contributed by atoms with Crippen molar-refractivity contribution in [2.45, 2.75) is 11.4 Å². The first kappa shape index (κ1) is 29.2. The molecule has 0 atom stereocenters. The molecule has 0 aromatic heterocycles. The molecule has 0 aliphatic heterocycles. The predicted octanol–water partition coefficient (Wildman–Crippen LogP) is 4.77. The van der Waals surface area contributed by atoms with Crippen LogP contribution in [0, 0.1) is 5.82 Å². The summed E-state index contributed by atoms with van der Waals surface area (Å²) < 4.78 is 57.5. The normalized spacial score (nSPS) is 11.2. The number of hydrogen-bond donors (Lipinski definition) is 1. The number of rotatable bonds is 10. The van der Waals surface area contributed by atoms with Crippen LogP contribution in [-0.4, -0.2) is 52.5 Å². The summed E-state index contributed by atoms with van der Waals surface area (Å²) in [6.07, 6.45) is 0. The molecule has 3 rings (SSSR count). The average molecular weight is 585 g/mol. The summed E-state index contributed by atoms with van der Waals surface area (Å²) in [5.41, 5.74) is -0.212. The second kappa shape index (κ2) is 12.4. The van der Waals surface area contributed by atoms with Gasteiger partial charge in [0, 0.05) is 34.3 Å². The van der Waals surface area contributed by atoms with Crippen LogP contribution < -0.4 is 14.8 Å². The van der Waals surface area contributed by atoms with Gasteiger partial charge in [0.05, 0.1) is 44.0 Å². The van der Waals surface area contributed by atoms with Crippen LogP contribution in [0.15, 0.2) is 59.5 Å². The SMILES string of the molecule is COC(=O)c1cc(OC)c(OC)cc1NC(=O)CN(Cc1c(F)cccc1Cl)S(=O)(=O)c1ccc(Cl)cc1. The number of benzene rings is 3. The molecule has 0 radical (unpaired) electrons. The van der Waals surface area contributed by atoms with Gasteiger partial charge in [0.25, 0.3) is 0 Å². The summed E-state index contributed by atoms with van der Waals surface area (Å²) in [4.78, 5) is 25.3. The molecule has 3 aromatic carbocycles. The Morgan fingerprint density at radius 1 is 0.974 bits per heavy atom. The van der Waals surface area contributed by atoms with E-state index in [-0.39, 0.29) is 38.2 Å². The smallest absolute Gasteiger partial charge is 0.340 e. The van der Waals surface area contributed by atoms with Gasteiger partial charge in [0.2, 0.25) is 15.9 Å². The molecule has 3 aromatic rings. The lowest BCUT2D eigenvalue weighted by Crippen LogP contribution is -2.38. The number of carbonyl (C=O) groups excluding carboxylic acids is 2. The van der Waals surface area contributed by atoms with Crippen LogP contribution in [0.25, 0.3) is 0 Å². The number of nitrogens with zero attached hydrogens (tertiary/aromatic N) is 1. The first-order valence-corrected chi connectivity index (χ1v) is 13.0. The summed E-state index contributed by atoms with van der Waals surface area (Å²) >= 11 is 12.0. The molecule has 0 fully saturated rings. The van der Waals surface area contributed by atoms with Crippen molar-refractivity contribution in [1.82, 2.24) is 4.31 Å². The summed E-state index contributed by atoms with van der Waals surface area (Å²) in [7, 11) is -0.457. The van der Waals surface area contributed by atoms with E-state index in [4.69, 9.17) is 37.4 Å². The fourth-order valence-electron chi connectivity index (χ4n) is 3.45. The fourth-order valence-corrected chi connectivity index (χ4v) is 5.17. The molecule has 38 heavy (non-hydrogen) atoms. The van der Waals surface area contributed by atoms with Gasteiger partial charge in [-0.05, 0) is 36.4 Å². The average Bonchev–Trinajstić information content (AvgIpc) is 2.89. The van der Waals surface area contributed by atoms with Gasteiger partial charge < -0.3 is 19.5 Å². The number of halogens is 3. The number of hydrogen-bond acceptors (Lipinski definition) is 7. The number of esters is 1. The van der Waals surface area contributed by atoms with Crippen molar-refractivity contribution in [1.29, 1.82) is 0 Å². The maximum absolute atomic E-state index is 14.6. The lowest BCUT2D eigenvalue weighted by molar-refractivity contribution is -0.116. The Morgan fingerprint density at radius 2 is 1.61 bits per heavy atom. The van der Waals surface area contributed by atoms with Crippen molar-refractivity contribution in [3.8, 4) is 11.5 Å². The van der Waals surface area contributed by atoms with E-state index in [1.165, 1.54) is 62.8 Å². The predicted molar refractivity (Wildman–Crippen MR) is 140 cm³/mol. The Hall–Kier alpha value is -3.38. The van der Waals surface area contributed by atoms with Crippen LogP contribution in [0.2, 0.25) is 10.0 Å². The second-order valence-corrected chi connectivity index (χ2v) is 10.5. The van der Waals surface area contributed by atoms with Gasteiger partial charge in [-0.25, -0.2) is 17.6 Å². The fraction of sp³-hybridized carbons (Fsp3) is 0.200. The molecule has 9 nitrogen and oxygen atoms in total. The monoisotopic (exact) mass is 584 g/mol. The van der Waals surface area contributed by atoms with E-state index in [9.17, 15) is 22.4 Å². The third-order valence-electron chi connectivity index (χ3n) is 5.37. The Bertz CT molecular complexity index is 1430. The molecular weight excluding hydrogens is 562 g/mol. The molecule has 0 aliphatic rings. The van der Waals surface area contributed by atoms with Gasteiger partial charge in [-0.2, -0.15) is 4.31 Å². The summed E-state index contributed by atoms with van der Waals surface area (Å²) in [6.45, 7) is -1.32. The number of carbonyl (C=O) groups is 2. The second-order valence-electron chi connectivity index (χ2n) is 7.72. The molecule has 0 spiro atoms. The molecule has 13 heteroatoms. The van der Waals surface area contributed by atoms with Gasteiger partial charge in [-0.3, -0.25) is 4.79 Å². The standard InChI is InChI=1S/C25H23Cl2FN2O7S/c1-35-22-11-17(25(32)37-3)21(12-23(22)36-2)29-24(31)14-30(13-18-19(27)5-4-6-20(18)28)38(33,34)16-9-7-15(26)8-10-16/h4-12H,13-14H2,1-3H3,(H,29,31). The van der Waals surface area contributed by atoms with Crippen LogP contribution in [0.3, 0.4) is 0 Å². The number of methoxy groups -OCH3 is 3. The molecule has 0 unspecified atom stereocenters. The zero-order valence-corrected chi connectivity index (χ0v) is 22.8. The minimum absolute atomic E-state index is 0.0189. The van der Waals surface area contributed by atoms with E-state index >= 15 is 0 Å². The van der Waals surface area contributed by atoms with E-state index in [1.54, 1.807) is 0 Å². The van der Waals surface area contributed by atoms with Gasteiger partial charge >= 0.3 is 5.97 Å². The summed E-state index contributed by atoms with van der Waals surface area (Å²) in [5.74, 6) is -1.98. The number of nitrogens with one attached hydrogen (secondary N) is 1. The van der Waals surface area contributed by atoms with Crippen molar-refractivity contribution in [3.63, 3.8) is 0 Å². The number of sulfonamides is 1. The summed E-state index contributed by atoms with van der Waals surface area (Å²) in [5, 5.41) is 2.78. The number of ether oxygens (including phenoxy) is 3. The summed E-state index contributed by atoms with van der Waals surface area (Å²) in [6, 6.07) is 11.8. The van der Waals surface area contributed by atoms with Crippen LogP contribution in [0.4, 0.5) is 10.1 Å². The third kappa shape index (κ3) is 6.54. The molecule has 0 heterocycles. The number of anilines is 1. The van der Waals surface area contributed by atoms with E-state index in [0.29, 0.717) is 5.02 Å². The molecule has 0 bridgehead atoms. The van der Waals surface area contributed by atoms with Crippen molar-refractivity contribution >= 4 is 50.8 Å². The molecular formula is C25H23Cl2FN2O7S. The highest BCUT2D eigenvalue weighted by Gasteiger charge is 2.29. The zero-order chi connectivity index (χ0) is 28.0. The van der Waals surface area contributed by atoms with Crippen molar-refractivity contribution in [2.75, 3.05) is 33.2 Å². The highest BCUT2D eigenvalue weighted by molar-refractivity contribution is 7.89.